The van der Waals surface area contributed by atoms with Gasteiger partial charge in [0.25, 0.3) is 10.0 Å². The lowest BCUT2D eigenvalue weighted by Gasteiger charge is -2.19. The van der Waals surface area contributed by atoms with Gasteiger partial charge in [-0.3, -0.25) is 14.3 Å². The van der Waals surface area contributed by atoms with Crippen LogP contribution in [0.2, 0.25) is 0 Å². The Morgan fingerprint density at radius 1 is 1.04 bits per heavy atom. The minimum atomic E-state index is -3.67. The molecule has 0 saturated carbocycles. The average molecular weight is 362 g/mol. The number of rotatable bonds is 3. The first-order valence-corrected chi connectivity index (χ1v) is 9.45. The highest BCUT2D eigenvalue weighted by Gasteiger charge is 2.32. The van der Waals surface area contributed by atoms with Gasteiger partial charge in [0.1, 0.15) is 4.90 Å². The number of nitriles is 1. The predicted molar refractivity (Wildman–Crippen MR) is 96.9 cm³/mol. The number of fused-ring (bicyclic) bond motifs is 1. The minimum Gasteiger partial charge on any atom is -0.264 e. The summed E-state index contributed by atoms with van der Waals surface area (Å²) in [4.78, 5) is 8.32. The lowest BCUT2D eigenvalue weighted by molar-refractivity contribution is 0.592. The molecular formula is C19H14N4O2S. The number of aromatic nitrogens is 2. The Hall–Kier alpha value is -3.24. The fourth-order valence-electron chi connectivity index (χ4n) is 3.14. The van der Waals surface area contributed by atoms with Crippen LogP contribution in [0.5, 0.6) is 0 Å². The lowest BCUT2D eigenvalue weighted by atomic mass is 9.99. The van der Waals surface area contributed by atoms with Crippen molar-refractivity contribution in [3.8, 4) is 17.2 Å². The van der Waals surface area contributed by atoms with Crippen LogP contribution in [0.4, 0.5) is 5.69 Å². The largest absolute Gasteiger partial charge is 0.265 e. The first-order valence-electron chi connectivity index (χ1n) is 8.01. The maximum atomic E-state index is 13.0. The molecule has 0 saturated heterocycles. The van der Waals surface area contributed by atoms with Gasteiger partial charge in [0, 0.05) is 30.7 Å². The molecule has 3 heterocycles. The van der Waals surface area contributed by atoms with Crippen LogP contribution in [0.3, 0.4) is 0 Å². The Morgan fingerprint density at radius 3 is 2.54 bits per heavy atom. The molecule has 7 heteroatoms. The van der Waals surface area contributed by atoms with E-state index in [1.54, 1.807) is 36.8 Å². The molecule has 26 heavy (non-hydrogen) atoms. The second-order valence-electron chi connectivity index (χ2n) is 5.89. The summed E-state index contributed by atoms with van der Waals surface area (Å²) in [7, 11) is -3.67. The number of hydrogen-bond donors (Lipinski definition) is 0. The molecule has 0 amide bonds. The summed E-state index contributed by atoms with van der Waals surface area (Å²) in [6.07, 6.45) is 6.82. The molecule has 0 fully saturated rings. The standard InChI is InChI=1S/C19H14N4O2S/c20-10-14-3-5-15(6-4-14)18-12-22-13-19-17(18)7-9-23(19)26(24,25)16-2-1-8-21-11-16/h1-6,8,11-13H,7,9H2. The highest BCUT2D eigenvalue weighted by Crippen LogP contribution is 2.38. The maximum absolute atomic E-state index is 13.0. The molecule has 3 aromatic rings. The number of benzene rings is 1. The van der Waals surface area contributed by atoms with Gasteiger partial charge < -0.3 is 0 Å². The Balaban J connectivity index is 1.78. The van der Waals surface area contributed by atoms with Crippen molar-refractivity contribution in [2.24, 2.45) is 0 Å². The second-order valence-corrected chi connectivity index (χ2v) is 7.75. The van der Waals surface area contributed by atoms with Crippen molar-refractivity contribution in [1.82, 2.24) is 9.97 Å². The van der Waals surface area contributed by atoms with Gasteiger partial charge in [0.2, 0.25) is 0 Å². The van der Waals surface area contributed by atoms with E-state index in [1.807, 2.05) is 12.1 Å². The van der Waals surface area contributed by atoms with E-state index in [-0.39, 0.29) is 4.90 Å². The van der Waals surface area contributed by atoms with Crippen LogP contribution < -0.4 is 4.31 Å². The highest BCUT2D eigenvalue weighted by atomic mass is 32.2. The summed E-state index contributed by atoms with van der Waals surface area (Å²) in [6, 6.07) is 12.4. The first kappa shape index (κ1) is 16.2. The summed E-state index contributed by atoms with van der Waals surface area (Å²) in [5, 5.41) is 8.95. The summed E-state index contributed by atoms with van der Waals surface area (Å²) < 4.78 is 27.3. The van der Waals surface area contributed by atoms with Gasteiger partial charge >= 0.3 is 0 Å². The van der Waals surface area contributed by atoms with Crippen molar-refractivity contribution in [2.75, 3.05) is 10.8 Å². The minimum absolute atomic E-state index is 0.164. The van der Waals surface area contributed by atoms with Crippen molar-refractivity contribution in [1.29, 1.82) is 5.26 Å². The van der Waals surface area contributed by atoms with E-state index >= 15 is 0 Å². The number of hydrogen-bond acceptors (Lipinski definition) is 5. The molecular weight excluding hydrogens is 348 g/mol. The molecule has 128 valence electrons. The van der Waals surface area contributed by atoms with Crippen molar-refractivity contribution in [3.63, 3.8) is 0 Å². The van der Waals surface area contributed by atoms with E-state index in [0.717, 1.165) is 16.7 Å². The zero-order valence-electron chi connectivity index (χ0n) is 13.7. The molecule has 6 nitrogen and oxygen atoms in total. The predicted octanol–water partition coefficient (Wildman–Crippen LogP) is 2.77. The van der Waals surface area contributed by atoms with E-state index in [4.69, 9.17) is 5.26 Å². The lowest BCUT2D eigenvalue weighted by Crippen LogP contribution is -2.29. The molecule has 0 spiro atoms. The number of sulfonamides is 1. The average Bonchev–Trinajstić information content (AvgIpc) is 3.14. The van der Waals surface area contributed by atoms with Crippen molar-refractivity contribution in [3.05, 3.63) is 72.3 Å². The quantitative estimate of drug-likeness (QED) is 0.715. The maximum Gasteiger partial charge on any atom is 0.265 e. The zero-order chi connectivity index (χ0) is 18.1. The van der Waals surface area contributed by atoms with Gasteiger partial charge in [-0.05, 0) is 41.8 Å². The van der Waals surface area contributed by atoms with Gasteiger partial charge in [-0.15, -0.1) is 0 Å². The van der Waals surface area contributed by atoms with E-state index < -0.39 is 10.0 Å². The van der Waals surface area contributed by atoms with Crippen LogP contribution in [-0.2, 0) is 16.4 Å². The first-order chi connectivity index (χ1) is 12.6. The smallest absolute Gasteiger partial charge is 0.264 e. The SMILES string of the molecule is N#Cc1ccc(-c2cncc3c2CCN3S(=O)(=O)c2cccnc2)cc1. The Bertz CT molecular complexity index is 1100. The zero-order valence-corrected chi connectivity index (χ0v) is 14.5. The topological polar surface area (TPSA) is 87.0 Å². The van der Waals surface area contributed by atoms with Crippen molar-refractivity contribution < 1.29 is 8.42 Å². The van der Waals surface area contributed by atoms with E-state index in [9.17, 15) is 8.42 Å². The molecule has 0 atom stereocenters. The Labute approximate surface area is 151 Å². The van der Waals surface area contributed by atoms with Gasteiger partial charge in [0.05, 0.1) is 23.5 Å². The van der Waals surface area contributed by atoms with Gasteiger partial charge in [-0.25, -0.2) is 8.42 Å². The molecule has 2 aromatic heterocycles. The summed E-state index contributed by atoms with van der Waals surface area (Å²) in [5.74, 6) is 0. The molecule has 0 bridgehead atoms. The van der Waals surface area contributed by atoms with Crippen LogP contribution in [-0.4, -0.2) is 24.9 Å². The molecule has 1 aromatic carbocycles. The van der Waals surface area contributed by atoms with Gasteiger partial charge in [-0.2, -0.15) is 5.26 Å². The molecule has 1 aliphatic rings. The summed E-state index contributed by atoms with van der Waals surface area (Å²) in [6.45, 7) is 0.363. The molecule has 0 N–H and O–H groups in total. The van der Waals surface area contributed by atoms with Crippen LogP contribution in [0, 0.1) is 11.3 Å². The molecule has 0 aliphatic carbocycles. The molecule has 0 unspecified atom stereocenters. The van der Waals surface area contributed by atoms with E-state index in [0.29, 0.717) is 24.2 Å². The molecule has 1 aliphatic heterocycles. The Morgan fingerprint density at radius 2 is 1.85 bits per heavy atom. The van der Waals surface area contributed by atoms with Crippen molar-refractivity contribution in [2.45, 2.75) is 11.3 Å². The summed E-state index contributed by atoms with van der Waals surface area (Å²) >= 11 is 0. The molecule has 4 rings (SSSR count). The van der Waals surface area contributed by atoms with Crippen LogP contribution >= 0.6 is 0 Å². The van der Waals surface area contributed by atoms with Crippen LogP contribution in [0.1, 0.15) is 11.1 Å². The van der Waals surface area contributed by atoms with Crippen LogP contribution in [0.15, 0.2) is 66.1 Å². The third-order valence-electron chi connectivity index (χ3n) is 4.42. The fourth-order valence-corrected chi connectivity index (χ4v) is 4.58. The monoisotopic (exact) mass is 362 g/mol. The van der Waals surface area contributed by atoms with Crippen LogP contribution in [0.25, 0.3) is 11.1 Å². The summed E-state index contributed by atoms with van der Waals surface area (Å²) in [5.41, 5.74) is 3.91. The third-order valence-corrected chi connectivity index (χ3v) is 6.21. The van der Waals surface area contributed by atoms with E-state index in [1.165, 1.54) is 16.6 Å². The van der Waals surface area contributed by atoms with Crippen molar-refractivity contribution >= 4 is 15.7 Å². The molecule has 0 radical (unpaired) electrons. The third kappa shape index (κ3) is 2.61. The second kappa shape index (κ2) is 6.24. The van der Waals surface area contributed by atoms with Gasteiger partial charge in [-0.1, -0.05) is 12.1 Å². The normalized spacial score (nSPS) is 13.3. The van der Waals surface area contributed by atoms with Gasteiger partial charge in [0.15, 0.2) is 0 Å². The number of anilines is 1. The number of pyridine rings is 2. The van der Waals surface area contributed by atoms with E-state index in [2.05, 4.69) is 16.0 Å². The highest BCUT2D eigenvalue weighted by molar-refractivity contribution is 7.92. The fraction of sp³-hybridized carbons (Fsp3) is 0.105. The number of nitrogens with zero attached hydrogens (tertiary/aromatic N) is 4. The Kier molecular flexibility index (Phi) is 3.90.